The van der Waals surface area contributed by atoms with Gasteiger partial charge in [0.2, 0.25) is 5.43 Å². The van der Waals surface area contributed by atoms with Crippen molar-refractivity contribution >= 4 is 42.7 Å². The van der Waals surface area contributed by atoms with E-state index in [9.17, 15) is 14.4 Å². The Labute approximate surface area is 325 Å². The molecule has 11 nitrogen and oxygen atoms in total. The van der Waals surface area contributed by atoms with Crippen molar-refractivity contribution in [3.05, 3.63) is 93.8 Å². The average molecular weight is 788 g/mol. The number of nitrogens with zero attached hydrogens (tertiary/aromatic N) is 3. The average Bonchev–Trinajstić information content (AvgIpc) is 3.81. The third-order valence-corrected chi connectivity index (χ3v) is 16.3. The zero-order valence-electron chi connectivity index (χ0n) is 32.3. The molecule has 0 bridgehead atoms. The maximum absolute atomic E-state index is 16.2. The number of fused-ring (bicyclic) bond motifs is 5. The van der Waals surface area contributed by atoms with Gasteiger partial charge in [-0.05, 0) is 61.2 Å². The summed E-state index contributed by atoms with van der Waals surface area (Å²) >= 11 is 0. The van der Waals surface area contributed by atoms with Crippen molar-refractivity contribution in [2.45, 2.75) is 83.0 Å². The molecular formula is C42H47F2N3O8Si. The molecule has 4 aromatic rings. The lowest BCUT2D eigenvalue weighted by atomic mass is 10.1. The molecule has 0 spiro atoms. The van der Waals surface area contributed by atoms with E-state index in [1.165, 1.54) is 29.3 Å². The minimum atomic E-state index is -2.04. The van der Waals surface area contributed by atoms with Gasteiger partial charge in [-0.15, -0.1) is 0 Å². The molecule has 296 valence electrons. The number of anilines is 2. The molecule has 4 heterocycles. The number of halogens is 2. The molecule has 3 aromatic carbocycles. The number of aromatic nitrogens is 1. The van der Waals surface area contributed by atoms with E-state index in [1.807, 2.05) is 39.8 Å². The summed E-state index contributed by atoms with van der Waals surface area (Å²) in [5, 5.41) is 0.0806. The number of amides is 1. The van der Waals surface area contributed by atoms with E-state index in [1.54, 1.807) is 6.07 Å². The molecule has 0 radical (unpaired) electrons. The molecule has 0 unspecified atom stereocenters. The summed E-state index contributed by atoms with van der Waals surface area (Å²) in [5.74, 6) is -1.75. The predicted molar refractivity (Wildman–Crippen MR) is 209 cm³/mol. The highest BCUT2D eigenvalue weighted by Crippen LogP contribution is 2.48. The quantitative estimate of drug-likeness (QED) is 0.110. The number of pyridine rings is 1. The first-order valence-electron chi connectivity index (χ1n) is 19.2. The SMILES string of the molecule is CC(C)(C)[Si](C)(C)OC[C@H]1CN(c2ccc(OC[C@@H]3C[C@H]4COc5c(c(F)cc6c(=O)c(C(=O)OCc7ccccc7)cn(C7CC7)c56)N4C3)c(F)c2)C(=O)O1. The van der Waals surface area contributed by atoms with Crippen LogP contribution in [0.25, 0.3) is 10.9 Å². The van der Waals surface area contributed by atoms with Gasteiger partial charge < -0.3 is 32.8 Å². The number of rotatable bonds is 11. The molecule has 14 heteroatoms. The van der Waals surface area contributed by atoms with Crippen molar-refractivity contribution in [2.24, 2.45) is 5.92 Å². The Balaban J connectivity index is 0.948. The van der Waals surface area contributed by atoms with E-state index in [0.717, 1.165) is 18.4 Å². The second-order valence-corrected chi connectivity index (χ2v) is 21.6. The number of hydrogen-bond donors (Lipinski definition) is 0. The van der Waals surface area contributed by atoms with Crippen molar-refractivity contribution < 1.29 is 41.7 Å². The number of ether oxygens (including phenoxy) is 4. The Morgan fingerprint density at radius 1 is 0.964 bits per heavy atom. The first-order valence-corrected chi connectivity index (χ1v) is 22.2. The molecule has 2 saturated heterocycles. The summed E-state index contributed by atoms with van der Waals surface area (Å²) in [6, 6.07) is 14.7. The molecule has 1 aliphatic carbocycles. The number of hydrogen-bond acceptors (Lipinski definition) is 9. The second-order valence-electron chi connectivity index (χ2n) is 16.8. The molecule has 3 atom stereocenters. The van der Waals surface area contributed by atoms with Crippen molar-refractivity contribution in [3.8, 4) is 11.5 Å². The van der Waals surface area contributed by atoms with Gasteiger partial charge in [-0.3, -0.25) is 9.69 Å². The number of esters is 1. The van der Waals surface area contributed by atoms with Crippen LogP contribution in [0.4, 0.5) is 25.0 Å². The number of benzene rings is 3. The van der Waals surface area contributed by atoms with Crippen LogP contribution in [-0.2, 0) is 20.5 Å². The van der Waals surface area contributed by atoms with Gasteiger partial charge in [0.1, 0.15) is 30.6 Å². The Kier molecular flexibility index (Phi) is 9.84. The van der Waals surface area contributed by atoms with Gasteiger partial charge in [-0.1, -0.05) is 51.1 Å². The number of carbonyl (C=O) groups is 2. The van der Waals surface area contributed by atoms with Gasteiger partial charge in [0.25, 0.3) is 0 Å². The van der Waals surface area contributed by atoms with E-state index in [4.69, 9.17) is 23.4 Å². The smallest absolute Gasteiger partial charge is 0.414 e. The van der Waals surface area contributed by atoms with Gasteiger partial charge in [0.05, 0.1) is 42.4 Å². The standard InChI is InChI=1S/C42H47F2N3O8Si/c1-42(2,3)56(4,5)54-24-30-19-47(41(50)55-30)28-13-14-35(33(43)16-28)51-22-26-15-29-23-52-39-36-31(17-34(44)37(39)45(29)18-26)38(48)32(20-46(36)27-11-12-27)40(49)53-21-25-9-7-6-8-10-25/h6-10,13-14,16-17,20,26-27,29-30H,11-12,15,18-19,21-24H2,1-5H3/t26-,29+,30-/m1/s1. The highest BCUT2D eigenvalue weighted by molar-refractivity contribution is 6.74. The van der Waals surface area contributed by atoms with Crippen LogP contribution in [0.3, 0.4) is 0 Å². The zero-order chi connectivity index (χ0) is 39.5. The molecule has 3 fully saturated rings. The van der Waals surface area contributed by atoms with Crippen molar-refractivity contribution in [1.82, 2.24) is 4.57 Å². The van der Waals surface area contributed by atoms with Crippen LogP contribution in [-0.4, -0.2) is 70.0 Å². The molecule has 1 saturated carbocycles. The highest BCUT2D eigenvalue weighted by atomic mass is 28.4. The highest BCUT2D eigenvalue weighted by Gasteiger charge is 2.42. The van der Waals surface area contributed by atoms with E-state index in [2.05, 4.69) is 33.9 Å². The van der Waals surface area contributed by atoms with Gasteiger partial charge in [0.15, 0.2) is 31.5 Å². The summed E-state index contributed by atoms with van der Waals surface area (Å²) in [4.78, 5) is 43.0. The lowest BCUT2D eigenvalue weighted by Crippen LogP contribution is -2.43. The maximum Gasteiger partial charge on any atom is 0.414 e. The van der Waals surface area contributed by atoms with E-state index in [-0.39, 0.29) is 84.1 Å². The Morgan fingerprint density at radius 3 is 2.45 bits per heavy atom. The van der Waals surface area contributed by atoms with Crippen molar-refractivity contribution in [3.63, 3.8) is 0 Å². The van der Waals surface area contributed by atoms with Crippen LogP contribution in [0.1, 0.15) is 62.0 Å². The first-order chi connectivity index (χ1) is 26.7. The minimum absolute atomic E-state index is 0.00495. The fourth-order valence-electron chi connectivity index (χ4n) is 7.50. The van der Waals surface area contributed by atoms with Crippen molar-refractivity contribution in [1.29, 1.82) is 0 Å². The second kappa shape index (κ2) is 14.5. The summed E-state index contributed by atoms with van der Waals surface area (Å²) in [7, 11) is -2.04. The third kappa shape index (κ3) is 7.24. The maximum atomic E-state index is 16.2. The zero-order valence-corrected chi connectivity index (χ0v) is 33.3. The molecule has 1 amide bonds. The van der Waals surface area contributed by atoms with Gasteiger partial charge in [-0.2, -0.15) is 0 Å². The van der Waals surface area contributed by atoms with Crippen LogP contribution in [0, 0.1) is 17.6 Å². The topological polar surface area (TPSA) is 109 Å². The van der Waals surface area contributed by atoms with Gasteiger partial charge >= 0.3 is 12.1 Å². The van der Waals surface area contributed by atoms with Crippen LogP contribution >= 0.6 is 0 Å². The largest absolute Gasteiger partial charge is 0.490 e. The Bertz CT molecular complexity index is 2240. The molecular weight excluding hydrogens is 741 g/mol. The molecule has 4 aliphatic rings. The minimum Gasteiger partial charge on any atom is -0.490 e. The molecule has 8 rings (SSSR count). The summed E-state index contributed by atoms with van der Waals surface area (Å²) < 4.78 is 62.9. The summed E-state index contributed by atoms with van der Waals surface area (Å²) in [6.07, 6.45) is 2.83. The Morgan fingerprint density at radius 2 is 1.73 bits per heavy atom. The number of cyclic esters (lactones) is 1. The molecule has 0 N–H and O–H groups in total. The lowest BCUT2D eigenvalue weighted by molar-refractivity contribution is 0.0470. The van der Waals surface area contributed by atoms with Crippen LogP contribution in [0.15, 0.2) is 65.6 Å². The molecule has 3 aliphatic heterocycles. The van der Waals surface area contributed by atoms with Crippen LogP contribution < -0.4 is 24.7 Å². The lowest BCUT2D eigenvalue weighted by Gasteiger charge is -2.36. The fraction of sp³-hybridized carbons (Fsp3) is 0.452. The van der Waals surface area contributed by atoms with Crippen molar-refractivity contribution in [2.75, 3.05) is 42.7 Å². The predicted octanol–water partition coefficient (Wildman–Crippen LogP) is 7.98. The Hall–Kier alpha value is -4.95. The van der Waals surface area contributed by atoms with E-state index < -0.39 is 43.5 Å². The normalized spacial score (nSPS) is 20.8. The monoisotopic (exact) mass is 787 g/mol. The van der Waals surface area contributed by atoms with E-state index in [0.29, 0.717) is 24.2 Å². The molecule has 56 heavy (non-hydrogen) atoms. The van der Waals surface area contributed by atoms with E-state index >= 15 is 8.78 Å². The van der Waals surface area contributed by atoms with Gasteiger partial charge in [-0.25, -0.2) is 18.4 Å². The third-order valence-electron chi connectivity index (χ3n) is 11.8. The molecule has 1 aromatic heterocycles. The first kappa shape index (κ1) is 37.9. The van der Waals surface area contributed by atoms with Crippen LogP contribution in [0.5, 0.6) is 11.5 Å². The summed E-state index contributed by atoms with van der Waals surface area (Å²) in [6.45, 7) is 12.1. The fourth-order valence-corrected chi connectivity index (χ4v) is 8.54. The summed E-state index contributed by atoms with van der Waals surface area (Å²) in [5.41, 5.74) is 1.12. The van der Waals surface area contributed by atoms with Gasteiger partial charge in [0, 0.05) is 30.8 Å². The van der Waals surface area contributed by atoms with Crippen LogP contribution in [0.2, 0.25) is 18.1 Å². The number of carbonyl (C=O) groups excluding carboxylic acids is 2.